The summed E-state index contributed by atoms with van der Waals surface area (Å²) < 4.78 is 5.59. The maximum absolute atomic E-state index is 5.59. The summed E-state index contributed by atoms with van der Waals surface area (Å²) >= 11 is 0. The smallest absolute Gasteiger partial charge is 0.227 e. The van der Waals surface area contributed by atoms with Gasteiger partial charge in [0, 0.05) is 49.9 Å². The van der Waals surface area contributed by atoms with Crippen molar-refractivity contribution in [3.05, 3.63) is 60.8 Å². The van der Waals surface area contributed by atoms with E-state index in [1.807, 2.05) is 47.5 Å². The summed E-state index contributed by atoms with van der Waals surface area (Å²) in [5.41, 5.74) is 11.3. The van der Waals surface area contributed by atoms with E-state index in [-0.39, 0.29) is 0 Å². The van der Waals surface area contributed by atoms with Crippen LogP contribution in [0.15, 0.2) is 60.8 Å². The minimum atomic E-state index is 0.571. The lowest BCUT2D eigenvalue weighted by Crippen LogP contribution is -2.41. The van der Waals surface area contributed by atoms with Crippen molar-refractivity contribution < 1.29 is 4.74 Å². The van der Waals surface area contributed by atoms with Gasteiger partial charge < -0.3 is 15.0 Å². The number of aromatic nitrogens is 2. The van der Waals surface area contributed by atoms with E-state index in [9.17, 15) is 0 Å². The Morgan fingerprint density at radius 3 is 2.75 bits per heavy atom. The molecule has 2 aromatic carbocycles. The highest BCUT2D eigenvalue weighted by molar-refractivity contribution is 5.67. The number of nitrogens with one attached hydrogen (secondary N) is 3. The highest BCUT2D eigenvalue weighted by Crippen LogP contribution is 2.26. The molecule has 32 heavy (non-hydrogen) atoms. The number of hydrazine groups is 3. The van der Waals surface area contributed by atoms with Gasteiger partial charge in [0.15, 0.2) is 0 Å². The van der Waals surface area contributed by atoms with Gasteiger partial charge in [0.25, 0.3) is 0 Å². The molecule has 3 N–H and O–H groups in total. The van der Waals surface area contributed by atoms with E-state index in [1.54, 1.807) is 6.20 Å². The number of hydrogen-bond acceptors (Lipinski definition) is 9. The molecule has 0 amide bonds. The molecule has 3 aromatic rings. The molecule has 0 unspecified atom stereocenters. The lowest BCUT2D eigenvalue weighted by molar-refractivity contribution is 0.152. The van der Waals surface area contributed by atoms with Crippen LogP contribution in [-0.2, 0) is 4.74 Å². The van der Waals surface area contributed by atoms with Gasteiger partial charge in [-0.1, -0.05) is 12.1 Å². The van der Waals surface area contributed by atoms with E-state index in [0.29, 0.717) is 5.95 Å². The van der Waals surface area contributed by atoms with Gasteiger partial charge in [-0.05, 0) is 48.9 Å². The summed E-state index contributed by atoms with van der Waals surface area (Å²) in [4.78, 5) is 11.5. The van der Waals surface area contributed by atoms with Crippen molar-refractivity contribution in [3.63, 3.8) is 0 Å². The molecular weight excluding hydrogens is 404 g/mol. The molecule has 2 fully saturated rings. The Morgan fingerprint density at radius 1 is 1.00 bits per heavy atom. The lowest BCUT2D eigenvalue weighted by atomic mass is 10.1. The Kier molecular flexibility index (Phi) is 6.13. The fourth-order valence-corrected chi connectivity index (χ4v) is 3.90. The van der Waals surface area contributed by atoms with Crippen LogP contribution in [0.2, 0.25) is 0 Å². The zero-order valence-corrected chi connectivity index (χ0v) is 18.2. The first-order valence-electron chi connectivity index (χ1n) is 10.9. The number of hydrogen-bond donors (Lipinski definition) is 3. The van der Waals surface area contributed by atoms with Crippen LogP contribution in [0.3, 0.4) is 0 Å². The van der Waals surface area contributed by atoms with Crippen molar-refractivity contribution in [2.45, 2.75) is 6.42 Å². The van der Waals surface area contributed by atoms with E-state index in [4.69, 9.17) is 9.72 Å². The van der Waals surface area contributed by atoms with Crippen LogP contribution in [0.4, 0.5) is 23.0 Å². The number of anilines is 4. The van der Waals surface area contributed by atoms with Crippen LogP contribution < -0.4 is 26.3 Å². The molecule has 2 aliphatic heterocycles. The van der Waals surface area contributed by atoms with Gasteiger partial charge in [0.1, 0.15) is 0 Å². The minimum Gasteiger partial charge on any atom is -0.380 e. The Labute approximate surface area is 187 Å². The number of nitrogens with zero attached hydrogens (tertiary/aromatic N) is 5. The molecule has 0 bridgehead atoms. The van der Waals surface area contributed by atoms with Crippen molar-refractivity contribution in [1.82, 2.24) is 25.9 Å². The normalized spacial score (nSPS) is 17.4. The molecule has 0 aliphatic carbocycles. The summed E-state index contributed by atoms with van der Waals surface area (Å²) in [7, 11) is 2.01. The van der Waals surface area contributed by atoms with Crippen LogP contribution in [0.5, 0.6) is 0 Å². The van der Waals surface area contributed by atoms with Gasteiger partial charge in [-0.2, -0.15) is 10.5 Å². The van der Waals surface area contributed by atoms with Crippen molar-refractivity contribution in [1.29, 1.82) is 0 Å². The van der Waals surface area contributed by atoms with Gasteiger partial charge >= 0.3 is 0 Å². The minimum absolute atomic E-state index is 0.571. The fraction of sp³-hybridized carbons (Fsp3) is 0.304. The largest absolute Gasteiger partial charge is 0.380 e. The molecule has 5 rings (SSSR count). The van der Waals surface area contributed by atoms with Crippen molar-refractivity contribution in [2.75, 3.05) is 55.4 Å². The summed E-state index contributed by atoms with van der Waals surface area (Å²) in [6, 6.07) is 18.6. The first-order chi connectivity index (χ1) is 15.8. The summed E-state index contributed by atoms with van der Waals surface area (Å²) in [5, 5.41) is 7.30. The Hall–Kier alpha value is -3.24. The standard InChI is InChI=1S/C23H28N8O/c1-29-17-25-28-31(29)20-8-6-19(7-9-20)26-23-24-11-10-22(27-23)18-4-2-5-21(16-18)30-12-3-14-32-15-13-30/h2,4-11,16,25,28H,3,12-15,17H2,1H3,(H,24,26,27). The third kappa shape index (κ3) is 4.66. The van der Waals surface area contributed by atoms with Crippen LogP contribution in [-0.4, -0.2) is 55.0 Å². The molecule has 3 heterocycles. The van der Waals surface area contributed by atoms with E-state index in [2.05, 4.69) is 50.4 Å². The van der Waals surface area contributed by atoms with Crippen molar-refractivity contribution >= 4 is 23.0 Å². The van der Waals surface area contributed by atoms with E-state index in [1.165, 1.54) is 5.69 Å². The Bertz CT molecular complexity index is 1040. The molecule has 2 aliphatic rings. The van der Waals surface area contributed by atoms with Crippen LogP contribution in [0, 0.1) is 0 Å². The first-order valence-corrected chi connectivity index (χ1v) is 10.9. The molecule has 9 heteroatoms. The molecule has 2 saturated heterocycles. The molecule has 1 aromatic heterocycles. The molecule has 166 valence electrons. The Morgan fingerprint density at radius 2 is 1.91 bits per heavy atom. The molecule has 9 nitrogen and oxygen atoms in total. The van der Waals surface area contributed by atoms with Gasteiger partial charge in [0.05, 0.1) is 24.7 Å². The quantitative estimate of drug-likeness (QED) is 0.564. The predicted molar refractivity (Wildman–Crippen MR) is 126 cm³/mol. The summed E-state index contributed by atoms with van der Waals surface area (Å²) in [5.74, 6) is 0.571. The van der Waals surface area contributed by atoms with E-state index < -0.39 is 0 Å². The maximum atomic E-state index is 5.59. The second-order valence-electron chi connectivity index (χ2n) is 7.86. The van der Waals surface area contributed by atoms with Gasteiger partial charge in [-0.25, -0.2) is 20.5 Å². The average Bonchev–Trinajstić information content (AvgIpc) is 3.08. The van der Waals surface area contributed by atoms with Crippen molar-refractivity contribution in [2.24, 2.45) is 0 Å². The van der Waals surface area contributed by atoms with Gasteiger partial charge in [-0.15, -0.1) is 0 Å². The zero-order chi connectivity index (χ0) is 21.8. The first kappa shape index (κ1) is 20.7. The number of ether oxygens (including phenoxy) is 1. The van der Waals surface area contributed by atoms with Crippen molar-refractivity contribution in [3.8, 4) is 11.3 Å². The second-order valence-corrected chi connectivity index (χ2v) is 7.86. The fourth-order valence-electron chi connectivity index (χ4n) is 3.90. The SMILES string of the molecule is CN1CNNN1c1ccc(Nc2nccc(-c3cccc(N4CCCOCC4)c3)n2)cc1. The highest BCUT2D eigenvalue weighted by atomic mass is 16.5. The maximum Gasteiger partial charge on any atom is 0.227 e. The number of rotatable bonds is 5. The van der Waals surface area contributed by atoms with Crippen LogP contribution in [0.1, 0.15) is 6.42 Å². The van der Waals surface area contributed by atoms with Gasteiger partial charge in [-0.3, -0.25) is 0 Å². The molecular formula is C23H28N8O. The molecule has 0 atom stereocenters. The van der Waals surface area contributed by atoms with E-state index >= 15 is 0 Å². The molecule has 0 spiro atoms. The zero-order valence-electron chi connectivity index (χ0n) is 18.2. The Balaban J connectivity index is 1.31. The predicted octanol–water partition coefficient (Wildman–Crippen LogP) is 2.75. The third-order valence-electron chi connectivity index (χ3n) is 5.59. The van der Waals surface area contributed by atoms with Crippen LogP contribution >= 0.6 is 0 Å². The lowest BCUT2D eigenvalue weighted by Gasteiger charge is -2.23. The molecule has 0 saturated carbocycles. The highest BCUT2D eigenvalue weighted by Gasteiger charge is 2.17. The molecule has 0 radical (unpaired) electrons. The number of benzene rings is 2. The monoisotopic (exact) mass is 432 g/mol. The summed E-state index contributed by atoms with van der Waals surface area (Å²) in [6.45, 7) is 4.27. The summed E-state index contributed by atoms with van der Waals surface area (Å²) in [6.07, 6.45) is 2.84. The average molecular weight is 433 g/mol. The topological polar surface area (TPSA) is 80.8 Å². The van der Waals surface area contributed by atoms with E-state index in [0.717, 1.165) is 62.0 Å². The second kappa shape index (κ2) is 9.49. The van der Waals surface area contributed by atoms with Crippen LogP contribution in [0.25, 0.3) is 11.3 Å². The third-order valence-corrected chi connectivity index (χ3v) is 5.59. The van der Waals surface area contributed by atoms with Gasteiger partial charge in [0.2, 0.25) is 5.95 Å².